The number of hydrogen-bond acceptors (Lipinski definition) is 13. The summed E-state index contributed by atoms with van der Waals surface area (Å²) in [5.74, 6) is -1.98. The number of alkyl halides is 3. The van der Waals surface area contributed by atoms with Crippen LogP contribution in [0.5, 0.6) is 5.75 Å². The first kappa shape index (κ1) is 33.6. The van der Waals surface area contributed by atoms with Crippen LogP contribution in [0, 0.1) is 6.92 Å². The maximum absolute atomic E-state index is 13.0. The Labute approximate surface area is 270 Å². The lowest BCUT2D eigenvalue weighted by Gasteiger charge is -2.39. The van der Waals surface area contributed by atoms with E-state index in [1.54, 1.807) is 19.1 Å². The molecule has 5 heterocycles. The number of fused-ring (bicyclic) bond motifs is 2. The molecule has 48 heavy (non-hydrogen) atoms. The highest BCUT2D eigenvalue weighted by molar-refractivity contribution is 5.89. The lowest BCUT2D eigenvalue weighted by Crippen LogP contribution is -2.60. The molecule has 3 aliphatic heterocycles. The summed E-state index contributed by atoms with van der Waals surface area (Å²) in [5.41, 5.74) is 0.828. The number of carbonyl (C=O) groups is 2. The largest absolute Gasteiger partial charge is 0.573 e. The van der Waals surface area contributed by atoms with Gasteiger partial charge in [0, 0.05) is 29.4 Å². The van der Waals surface area contributed by atoms with Crippen molar-refractivity contribution in [3.05, 3.63) is 59.5 Å². The zero-order valence-electron chi connectivity index (χ0n) is 25.3. The third-order valence-corrected chi connectivity index (χ3v) is 8.79. The second kappa shape index (κ2) is 13.3. The number of aliphatic carboxylic acids is 1. The fraction of sp³-hybridized carbons (Fsp3) is 0.484. The quantitative estimate of drug-likeness (QED) is 0.241. The molecule has 8 atom stereocenters. The van der Waals surface area contributed by atoms with E-state index in [4.69, 9.17) is 18.7 Å². The molecule has 0 amide bonds. The molecule has 6 rings (SSSR count). The summed E-state index contributed by atoms with van der Waals surface area (Å²) in [7, 11) is 0. The number of anilines is 1. The maximum atomic E-state index is 13.0. The van der Waals surface area contributed by atoms with Gasteiger partial charge in [-0.05, 0) is 56.9 Å². The smallest absolute Gasteiger partial charge is 0.479 e. The Morgan fingerprint density at radius 3 is 2.38 bits per heavy atom. The molecule has 0 saturated carbocycles. The van der Waals surface area contributed by atoms with E-state index in [-0.39, 0.29) is 41.6 Å². The van der Waals surface area contributed by atoms with Crippen molar-refractivity contribution in [2.75, 3.05) is 4.90 Å². The number of para-hydroxylation sites is 1. The first-order valence-electron chi connectivity index (χ1n) is 15.1. The van der Waals surface area contributed by atoms with Crippen LogP contribution in [0.15, 0.2) is 47.1 Å². The van der Waals surface area contributed by atoms with Crippen LogP contribution in [-0.4, -0.2) is 97.8 Å². The molecule has 0 spiro atoms. The molecule has 2 aromatic heterocycles. The summed E-state index contributed by atoms with van der Waals surface area (Å²) < 4.78 is 64.9. The van der Waals surface area contributed by atoms with Crippen molar-refractivity contribution in [2.45, 2.75) is 94.5 Å². The van der Waals surface area contributed by atoms with Crippen LogP contribution < -0.4 is 9.64 Å². The maximum Gasteiger partial charge on any atom is 0.573 e. The molecule has 4 N–H and O–H groups in total. The summed E-state index contributed by atoms with van der Waals surface area (Å²) in [6, 6.07) is 8.90. The number of carboxylic acid groups (broad SMARTS) is 1. The van der Waals surface area contributed by atoms with E-state index in [1.807, 2.05) is 0 Å². The highest BCUT2D eigenvalue weighted by Crippen LogP contribution is 2.41. The summed E-state index contributed by atoms with van der Waals surface area (Å²) in [6.45, 7) is 1.72. The van der Waals surface area contributed by atoms with E-state index in [0.717, 1.165) is 12.8 Å². The molecule has 0 aliphatic carbocycles. The molecule has 0 unspecified atom stereocenters. The Morgan fingerprint density at radius 1 is 1.02 bits per heavy atom. The van der Waals surface area contributed by atoms with E-state index in [2.05, 4.69) is 19.8 Å². The standard InChI is InChI=1S/C31H32F3N3O11/c1-14-20(23(36-48-14)19-4-2-3-5-21(19)47-31(32,33)34)13-44-18-10-16-7-8-17(11-18)37(16)22-9-6-15(12-35-22)29(43)46-30-26(40)24(38)25(39)27(45-30)28(41)42/h2-6,9,12,16-18,24-27,30,38-40H,7-8,10-11,13H2,1H3,(H,41,42)/t16-,17+,18+,24-,25-,26+,27-,30-/m0/s1. The fourth-order valence-electron chi connectivity index (χ4n) is 6.47. The van der Waals surface area contributed by atoms with Gasteiger partial charge in [-0.1, -0.05) is 17.3 Å². The van der Waals surface area contributed by atoms with Gasteiger partial charge in [0.05, 0.1) is 18.3 Å². The van der Waals surface area contributed by atoms with Crippen LogP contribution >= 0.6 is 0 Å². The van der Waals surface area contributed by atoms with Crippen LogP contribution in [0.1, 0.15) is 47.4 Å². The Morgan fingerprint density at radius 2 is 1.73 bits per heavy atom. The van der Waals surface area contributed by atoms with Gasteiger partial charge in [0.25, 0.3) is 0 Å². The molecule has 2 bridgehead atoms. The average Bonchev–Trinajstić information content (AvgIpc) is 3.54. The molecular formula is C31H32F3N3O11. The number of esters is 1. The van der Waals surface area contributed by atoms with Crippen LogP contribution in [0.4, 0.5) is 19.0 Å². The normalized spacial score (nSPS) is 28.7. The summed E-state index contributed by atoms with van der Waals surface area (Å²) in [4.78, 5) is 30.6. The third kappa shape index (κ3) is 6.82. The lowest BCUT2D eigenvalue weighted by atomic mass is 9.99. The van der Waals surface area contributed by atoms with Crippen LogP contribution in [-0.2, 0) is 25.6 Å². The third-order valence-electron chi connectivity index (χ3n) is 8.79. The van der Waals surface area contributed by atoms with Gasteiger partial charge >= 0.3 is 18.3 Å². The minimum absolute atomic E-state index is 0.0188. The van der Waals surface area contributed by atoms with Crippen molar-refractivity contribution < 1.29 is 66.7 Å². The predicted molar refractivity (Wildman–Crippen MR) is 154 cm³/mol. The van der Waals surface area contributed by atoms with Crippen LogP contribution in [0.3, 0.4) is 0 Å². The summed E-state index contributed by atoms with van der Waals surface area (Å²) >= 11 is 0. The Hall–Kier alpha value is -4.29. The molecule has 17 heteroatoms. The molecule has 3 saturated heterocycles. The number of carboxylic acids is 1. The van der Waals surface area contributed by atoms with Crippen molar-refractivity contribution in [3.8, 4) is 17.0 Å². The summed E-state index contributed by atoms with van der Waals surface area (Å²) in [6.07, 6.45) is -10.2. The number of piperidine rings is 1. The van der Waals surface area contributed by atoms with Crippen LogP contribution in [0.25, 0.3) is 11.3 Å². The number of aliphatic hydroxyl groups is 3. The molecule has 1 aromatic carbocycles. The number of aliphatic hydroxyl groups excluding tert-OH is 3. The van der Waals surface area contributed by atoms with Crippen molar-refractivity contribution in [3.63, 3.8) is 0 Å². The highest BCUT2D eigenvalue weighted by atomic mass is 19.4. The second-order valence-corrected chi connectivity index (χ2v) is 11.9. The van der Waals surface area contributed by atoms with Gasteiger partial charge in [-0.3, -0.25) is 0 Å². The SMILES string of the molecule is Cc1onc(-c2ccccc2OC(F)(F)F)c1CO[C@H]1C[C@H]2CC[C@@H](C1)N2c1ccc(C(=O)O[C@@H]2O[C@H](C(=O)O)[C@@H](O)[C@H](O)[C@H]2O)cn1. The Kier molecular flexibility index (Phi) is 9.32. The van der Waals surface area contributed by atoms with Gasteiger partial charge in [-0.2, -0.15) is 0 Å². The average molecular weight is 680 g/mol. The first-order chi connectivity index (χ1) is 22.8. The van der Waals surface area contributed by atoms with E-state index in [1.165, 1.54) is 30.5 Å². The van der Waals surface area contributed by atoms with Crippen molar-refractivity contribution in [1.82, 2.24) is 10.1 Å². The number of hydrogen-bond donors (Lipinski definition) is 4. The van der Waals surface area contributed by atoms with Gasteiger partial charge in [-0.15, -0.1) is 13.2 Å². The number of rotatable bonds is 9. The molecule has 258 valence electrons. The number of nitrogens with zero attached hydrogens (tertiary/aromatic N) is 3. The predicted octanol–water partition coefficient (Wildman–Crippen LogP) is 2.71. The Balaban J connectivity index is 1.08. The molecular weight excluding hydrogens is 647 g/mol. The minimum Gasteiger partial charge on any atom is -0.479 e. The molecule has 14 nitrogen and oxygen atoms in total. The van der Waals surface area contributed by atoms with E-state index >= 15 is 0 Å². The molecule has 3 aromatic rings. The second-order valence-electron chi connectivity index (χ2n) is 11.9. The number of ether oxygens (including phenoxy) is 4. The van der Waals surface area contributed by atoms with Crippen molar-refractivity contribution in [2.24, 2.45) is 0 Å². The number of carbonyl (C=O) groups excluding carboxylic acids is 1. The van der Waals surface area contributed by atoms with Gasteiger partial charge in [0.2, 0.25) is 6.29 Å². The van der Waals surface area contributed by atoms with Gasteiger partial charge in [0.15, 0.2) is 6.10 Å². The van der Waals surface area contributed by atoms with Gasteiger partial charge in [0.1, 0.15) is 41.3 Å². The molecule has 0 radical (unpaired) electrons. The van der Waals surface area contributed by atoms with Crippen LogP contribution in [0.2, 0.25) is 0 Å². The minimum atomic E-state index is -4.88. The fourth-order valence-corrected chi connectivity index (χ4v) is 6.47. The lowest BCUT2D eigenvalue weighted by molar-refractivity contribution is -0.278. The zero-order chi connectivity index (χ0) is 34.3. The Bertz CT molecular complexity index is 1620. The monoisotopic (exact) mass is 679 g/mol. The summed E-state index contributed by atoms with van der Waals surface area (Å²) in [5, 5.41) is 43.1. The number of aryl methyl sites for hydroxylation is 1. The van der Waals surface area contributed by atoms with E-state index in [0.29, 0.717) is 30.0 Å². The number of halogens is 3. The number of aromatic nitrogens is 2. The highest BCUT2D eigenvalue weighted by Gasteiger charge is 2.49. The van der Waals surface area contributed by atoms with Crippen molar-refractivity contribution >= 4 is 17.8 Å². The van der Waals surface area contributed by atoms with E-state index < -0.39 is 54.8 Å². The number of benzene rings is 1. The topological polar surface area (TPSA) is 194 Å². The molecule has 3 fully saturated rings. The van der Waals surface area contributed by atoms with Crippen molar-refractivity contribution in [1.29, 1.82) is 0 Å². The first-order valence-corrected chi connectivity index (χ1v) is 15.1. The van der Waals surface area contributed by atoms with Gasteiger partial charge in [-0.25, -0.2) is 14.6 Å². The molecule has 3 aliphatic rings. The van der Waals surface area contributed by atoms with E-state index in [9.17, 15) is 43.2 Å². The van der Waals surface area contributed by atoms with Gasteiger partial charge < -0.3 is 48.8 Å². The zero-order valence-corrected chi connectivity index (χ0v) is 25.3. The number of pyridine rings is 1.